The maximum absolute atomic E-state index is 12.6. The van der Waals surface area contributed by atoms with E-state index in [9.17, 15) is 9.50 Å². The number of rotatable bonds is 7. The summed E-state index contributed by atoms with van der Waals surface area (Å²) in [7, 11) is 0. The minimum Gasteiger partial charge on any atom is -0.491 e. The van der Waals surface area contributed by atoms with Crippen LogP contribution in [0.5, 0.6) is 5.75 Å². The highest BCUT2D eigenvalue weighted by molar-refractivity contribution is 5.22. The van der Waals surface area contributed by atoms with Gasteiger partial charge in [0, 0.05) is 6.54 Å². The van der Waals surface area contributed by atoms with Gasteiger partial charge in [-0.1, -0.05) is 6.92 Å². The summed E-state index contributed by atoms with van der Waals surface area (Å²) in [5, 5.41) is 18.3. The Hall–Kier alpha value is -1.64. The molecular formula is C13H17FN2O2. The summed E-state index contributed by atoms with van der Waals surface area (Å²) in [5.41, 5.74) is 0. The zero-order valence-corrected chi connectivity index (χ0v) is 10.3. The third kappa shape index (κ3) is 5.13. The summed E-state index contributed by atoms with van der Waals surface area (Å²) in [6.07, 6.45) is -0.677. The van der Waals surface area contributed by atoms with Crippen LogP contribution >= 0.6 is 0 Å². The normalized spacial score (nSPS) is 12.2. The predicted molar refractivity (Wildman–Crippen MR) is 65.6 cm³/mol. The van der Waals surface area contributed by atoms with Gasteiger partial charge >= 0.3 is 0 Å². The van der Waals surface area contributed by atoms with Crippen molar-refractivity contribution in [1.29, 1.82) is 5.26 Å². The van der Waals surface area contributed by atoms with E-state index in [2.05, 4.69) is 0 Å². The lowest BCUT2D eigenvalue weighted by Crippen LogP contribution is -2.35. The molecule has 1 atom stereocenters. The van der Waals surface area contributed by atoms with E-state index in [1.807, 2.05) is 17.9 Å². The lowest BCUT2D eigenvalue weighted by Gasteiger charge is -2.20. The molecule has 1 N–H and O–H groups in total. The van der Waals surface area contributed by atoms with Gasteiger partial charge in [0.15, 0.2) is 0 Å². The molecule has 0 saturated carbocycles. The second kappa shape index (κ2) is 7.64. The number of nitrogens with zero attached hydrogens (tertiary/aromatic N) is 2. The number of hydrogen-bond acceptors (Lipinski definition) is 4. The van der Waals surface area contributed by atoms with Gasteiger partial charge in [0.05, 0.1) is 12.6 Å². The number of aliphatic hydroxyl groups excluding tert-OH is 1. The number of aliphatic hydroxyl groups is 1. The minimum atomic E-state index is -0.677. The quantitative estimate of drug-likeness (QED) is 0.745. The molecule has 0 heterocycles. The van der Waals surface area contributed by atoms with Crippen LogP contribution in [0.2, 0.25) is 0 Å². The van der Waals surface area contributed by atoms with Crippen LogP contribution in [0.4, 0.5) is 4.39 Å². The first-order valence-electron chi connectivity index (χ1n) is 5.81. The Morgan fingerprint density at radius 1 is 1.44 bits per heavy atom. The number of likely N-dealkylation sites (N-methyl/N-ethyl adjacent to an activating group) is 1. The molecule has 0 amide bonds. The summed E-state index contributed by atoms with van der Waals surface area (Å²) >= 11 is 0. The summed E-state index contributed by atoms with van der Waals surface area (Å²) in [6.45, 7) is 3.40. The molecule has 1 rings (SSSR count). The monoisotopic (exact) mass is 252 g/mol. The first-order chi connectivity index (χ1) is 8.65. The Balaban J connectivity index is 2.34. The Kier molecular flexibility index (Phi) is 6.12. The van der Waals surface area contributed by atoms with Gasteiger partial charge in [-0.25, -0.2) is 4.39 Å². The zero-order valence-electron chi connectivity index (χ0n) is 10.3. The van der Waals surface area contributed by atoms with Gasteiger partial charge in [-0.05, 0) is 30.8 Å². The van der Waals surface area contributed by atoms with Crippen LogP contribution in [0.25, 0.3) is 0 Å². The van der Waals surface area contributed by atoms with Crippen molar-refractivity contribution in [2.45, 2.75) is 13.0 Å². The molecule has 0 aliphatic heterocycles. The number of benzene rings is 1. The van der Waals surface area contributed by atoms with E-state index in [0.29, 0.717) is 18.8 Å². The molecule has 0 fully saturated rings. The van der Waals surface area contributed by atoms with Gasteiger partial charge < -0.3 is 9.84 Å². The van der Waals surface area contributed by atoms with E-state index < -0.39 is 6.10 Å². The first-order valence-corrected chi connectivity index (χ1v) is 5.81. The molecule has 18 heavy (non-hydrogen) atoms. The molecule has 0 spiro atoms. The van der Waals surface area contributed by atoms with E-state index in [1.165, 1.54) is 24.3 Å². The third-order valence-corrected chi connectivity index (χ3v) is 2.47. The van der Waals surface area contributed by atoms with Crippen molar-refractivity contribution in [2.75, 3.05) is 26.2 Å². The second-order valence-corrected chi connectivity index (χ2v) is 3.90. The van der Waals surface area contributed by atoms with Crippen LogP contribution in [-0.4, -0.2) is 42.4 Å². The van der Waals surface area contributed by atoms with E-state index >= 15 is 0 Å². The Labute approximate surface area is 106 Å². The number of hydrogen-bond donors (Lipinski definition) is 1. The summed E-state index contributed by atoms with van der Waals surface area (Å²) < 4.78 is 18.0. The third-order valence-electron chi connectivity index (χ3n) is 2.47. The van der Waals surface area contributed by atoms with Crippen molar-refractivity contribution >= 4 is 0 Å². The molecule has 0 aliphatic rings. The maximum Gasteiger partial charge on any atom is 0.123 e. The fourth-order valence-corrected chi connectivity index (χ4v) is 1.48. The van der Waals surface area contributed by atoms with E-state index in [1.54, 1.807) is 0 Å². The standard InChI is InChI=1S/C13H17FN2O2/c1-2-16(8-7-15)9-12(17)10-18-13-5-3-11(14)4-6-13/h3-6,12,17H,2,8-10H2,1H3. The molecule has 0 bridgehead atoms. The van der Waals surface area contributed by atoms with Gasteiger partial charge in [0.1, 0.15) is 24.3 Å². The molecule has 0 radical (unpaired) electrons. The average molecular weight is 252 g/mol. The highest BCUT2D eigenvalue weighted by atomic mass is 19.1. The van der Waals surface area contributed by atoms with Crippen LogP contribution in [0.3, 0.4) is 0 Å². The van der Waals surface area contributed by atoms with Gasteiger partial charge in [-0.2, -0.15) is 5.26 Å². The van der Waals surface area contributed by atoms with Crippen molar-refractivity contribution in [3.8, 4) is 11.8 Å². The highest BCUT2D eigenvalue weighted by Gasteiger charge is 2.10. The SMILES string of the molecule is CCN(CC#N)CC(O)COc1ccc(F)cc1. The maximum atomic E-state index is 12.6. The molecular weight excluding hydrogens is 235 g/mol. The van der Waals surface area contributed by atoms with Crippen LogP contribution in [-0.2, 0) is 0 Å². The predicted octanol–water partition coefficient (Wildman–Crippen LogP) is 1.41. The fraction of sp³-hybridized carbons (Fsp3) is 0.462. The Bertz CT molecular complexity index is 389. The molecule has 1 aromatic rings. The van der Waals surface area contributed by atoms with Gasteiger partial charge in [0.25, 0.3) is 0 Å². The van der Waals surface area contributed by atoms with Crippen molar-refractivity contribution in [2.24, 2.45) is 0 Å². The fourth-order valence-electron chi connectivity index (χ4n) is 1.48. The first kappa shape index (κ1) is 14.4. The Morgan fingerprint density at radius 3 is 2.67 bits per heavy atom. The summed E-state index contributed by atoms with van der Waals surface area (Å²) in [5.74, 6) is 0.188. The van der Waals surface area contributed by atoms with Crippen LogP contribution in [0.15, 0.2) is 24.3 Å². The lowest BCUT2D eigenvalue weighted by molar-refractivity contribution is 0.0740. The topological polar surface area (TPSA) is 56.5 Å². The Morgan fingerprint density at radius 2 is 2.11 bits per heavy atom. The average Bonchev–Trinajstić information content (AvgIpc) is 2.37. The van der Waals surface area contributed by atoms with Crippen molar-refractivity contribution in [3.63, 3.8) is 0 Å². The smallest absolute Gasteiger partial charge is 0.123 e. The number of halogens is 1. The minimum absolute atomic E-state index is 0.119. The zero-order chi connectivity index (χ0) is 13.4. The van der Waals surface area contributed by atoms with Crippen LogP contribution in [0, 0.1) is 17.1 Å². The molecule has 0 saturated heterocycles. The van der Waals surface area contributed by atoms with Crippen molar-refractivity contribution in [3.05, 3.63) is 30.1 Å². The van der Waals surface area contributed by atoms with Crippen LogP contribution in [0.1, 0.15) is 6.92 Å². The van der Waals surface area contributed by atoms with Crippen LogP contribution < -0.4 is 4.74 Å². The number of nitriles is 1. The molecule has 1 unspecified atom stereocenters. The van der Waals surface area contributed by atoms with Gasteiger partial charge in [-0.3, -0.25) is 4.90 Å². The summed E-state index contributed by atoms with van der Waals surface area (Å²) in [4.78, 5) is 1.82. The molecule has 1 aromatic carbocycles. The molecule has 4 nitrogen and oxygen atoms in total. The molecule has 0 aromatic heterocycles. The van der Waals surface area contributed by atoms with E-state index in [0.717, 1.165) is 0 Å². The van der Waals surface area contributed by atoms with Crippen molar-refractivity contribution in [1.82, 2.24) is 4.90 Å². The highest BCUT2D eigenvalue weighted by Crippen LogP contribution is 2.11. The van der Waals surface area contributed by atoms with Gasteiger partial charge in [0.2, 0.25) is 0 Å². The number of ether oxygens (including phenoxy) is 1. The van der Waals surface area contributed by atoms with Crippen molar-refractivity contribution < 1.29 is 14.2 Å². The lowest BCUT2D eigenvalue weighted by atomic mass is 10.3. The molecule has 98 valence electrons. The van der Waals surface area contributed by atoms with Gasteiger partial charge in [-0.15, -0.1) is 0 Å². The largest absolute Gasteiger partial charge is 0.491 e. The molecule has 5 heteroatoms. The van der Waals surface area contributed by atoms with E-state index in [-0.39, 0.29) is 19.0 Å². The second-order valence-electron chi connectivity index (χ2n) is 3.90. The van der Waals surface area contributed by atoms with E-state index in [4.69, 9.17) is 10.00 Å². The summed E-state index contributed by atoms with van der Waals surface area (Å²) in [6, 6.07) is 7.66. The molecule has 0 aliphatic carbocycles.